The lowest BCUT2D eigenvalue weighted by atomic mass is 9.98. The van der Waals surface area contributed by atoms with Gasteiger partial charge in [-0.1, -0.05) is 6.92 Å². The first-order valence-corrected chi connectivity index (χ1v) is 7.36. The van der Waals surface area contributed by atoms with E-state index in [4.69, 9.17) is 14.2 Å². The largest absolute Gasteiger partial charge is 0.497 e. The lowest BCUT2D eigenvalue weighted by Gasteiger charge is -2.25. The van der Waals surface area contributed by atoms with Crippen LogP contribution in [-0.2, 0) is 4.74 Å². The van der Waals surface area contributed by atoms with Crippen LogP contribution in [0.15, 0.2) is 18.2 Å². The van der Waals surface area contributed by atoms with Crippen LogP contribution in [0.25, 0.3) is 0 Å². The number of methoxy groups -OCH3 is 2. The van der Waals surface area contributed by atoms with E-state index in [0.717, 1.165) is 43.9 Å². The summed E-state index contributed by atoms with van der Waals surface area (Å²) in [5.41, 5.74) is 1.17. The van der Waals surface area contributed by atoms with E-state index in [0.29, 0.717) is 0 Å². The van der Waals surface area contributed by atoms with Crippen molar-refractivity contribution in [2.75, 3.05) is 27.4 Å². The van der Waals surface area contributed by atoms with Gasteiger partial charge in [-0.3, -0.25) is 0 Å². The van der Waals surface area contributed by atoms with Crippen LogP contribution in [0.1, 0.15) is 37.8 Å². The van der Waals surface area contributed by atoms with Crippen molar-refractivity contribution in [3.8, 4) is 11.5 Å². The molecule has 2 rings (SSSR count). The Morgan fingerprint density at radius 3 is 2.45 bits per heavy atom. The van der Waals surface area contributed by atoms with Gasteiger partial charge in [-0.05, 0) is 43.5 Å². The van der Waals surface area contributed by atoms with Crippen molar-refractivity contribution in [1.29, 1.82) is 0 Å². The van der Waals surface area contributed by atoms with Gasteiger partial charge in [-0.2, -0.15) is 0 Å². The van der Waals surface area contributed by atoms with Crippen LogP contribution >= 0.6 is 0 Å². The van der Waals surface area contributed by atoms with Gasteiger partial charge in [-0.15, -0.1) is 0 Å². The molecule has 0 bridgehead atoms. The highest BCUT2D eigenvalue weighted by atomic mass is 16.5. The Morgan fingerprint density at radius 1 is 1.25 bits per heavy atom. The fourth-order valence-corrected chi connectivity index (χ4v) is 2.64. The van der Waals surface area contributed by atoms with E-state index in [-0.39, 0.29) is 12.1 Å². The average Bonchev–Trinajstić information content (AvgIpc) is 3.01. The van der Waals surface area contributed by atoms with Crippen LogP contribution in [0, 0.1) is 0 Å². The highest BCUT2D eigenvalue weighted by molar-refractivity contribution is 5.40. The van der Waals surface area contributed by atoms with E-state index in [2.05, 4.69) is 24.4 Å². The SMILES string of the molecule is CCCNC(c1cc(OC)cc(OC)c1)C1CCCO1. The second-order valence-electron chi connectivity index (χ2n) is 5.13. The standard InChI is InChI=1S/C16H25NO3/c1-4-7-17-16(15-6-5-8-20-15)12-9-13(18-2)11-14(10-12)19-3/h9-11,15-17H,4-8H2,1-3H3. The maximum atomic E-state index is 5.87. The molecule has 1 heterocycles. The van der Waals surface area contributed by atoms with Gasteiger partial charge in [-0.25, -0.2) is 0 Å². The maximum absolute atomic E-state index is 5.87. The molecular weight excluding hydrogens is 254 g/mol. The highest BCUT2D eigenvalue weighted by Crippen LogP contribution is 2.32. The monoisotopic (exact) mass is 279 g/mol. The van der Waals surface area contributed by atoms with Crippen LogP contribution in [0.5, 0.6) is 11.5 Å². The number of ether oxygens (including phenoxy) is 3. The van der Waals surface area contributed by atoms with Gasteiger partial charge < -0.3 is 19.5 Å². The molecule has 0 saturated carbocycles. The van der Waals surface area contributed by atoms with E-state index >= 15 is 0 Å². The topological polar surface area (TPSA) is 39.7 Å². The van der Waals surface area contributed by atoms with E-state index in [1.54, 1.807) is 14.2 Å². The van der Waals surface area contributed by atoms with Gasteiger partial charge in [0.15, 0.2) is 0 Å². The minimum atomic E-state index is 0.196. The minimum absolute atomic E-state index is 0.196. The molecular formula is C16H25NO3. The minimum Gasteiger partial charge on any atom is -0.497 e. The lowest BCUT2D eigenvalue weighted by Crippen LogP contribution is -2.32. The predicted molar refractivity (Wildman–Crippen MR) is 79.6 cm³/mol. The van der Waals surface area contributed by atoms with Crippen molar-refractivity contribution in [2.45, 2.75) is 38.3 Å². The molecule has 0 spiro atoms. The lowest BCUT2D eigenvalue weighted by molar-refractivity contribution is 0.0782. The number of nitrogens with one attached hydrogen (secondary N) is 1. The predicted octanol–water partition coefficient (Wildman–Crippen LogP) is 2.92. The van der Waals surface area contributed by atoms with Crippen LogP contribution in [0.4, 0.5) is 0 Å². The van der Waals surface area contributed by atoms with Crippen molar-refractivity contribution in [1.82, 2.24) is 5.32 Å². The number of rotatable bonds is 7. The van der Waals surface area contributed by atoms with Crippen LogP contribution in [0.2, 0.25) is 0 Å². The Morgan fingerprint density at radius 2 is 1.95 bits per heavy atom. The molecule has 0 aromatic heterocycles. The van der Waals surface area contributed by atoms with Gasteiger partial charge in [0.05, 0.1) is 26.4 Å². The Bertz CT molecular complexity index is 394. The third-order valence-corrected chi connectivity index (χ3v) is 3.68. The van der Waals surface area contributed by atoms with Crippen LogP contribution in [-0.4, -0.2) is 33.5 Å². The van der Waals surface area contributed by atoms with E-state index in [9.17, 15) is 0 Å². The zero-order chi connectivity index (χ0) is 14.4. The van der Waals surface area contributed by atoms with Crippen molar-refractivity contribution in [2.24, 2.45) is 0 Å². The first-order valence-electron chi connectivity index (χ1n) is 7.36. The number of hydrogen-bond acceptors (Lipinski definition) is 4. The van der Waals surface area contributed by atoms with E-state index in [1.165, 1.54) is 5.56 Å². The second kappa shape index (κ2) is 7.50. The molecule has 20 heavy (non-hydrogen) atoms. The molecule has 1 aromatic carbocycles. The smallest absolute Gasteiger partial charge is 0.122 e. The summed E-state index contributed by atoms with van der Waals surface area (Å²) in [7, 11) is 3.36. The molecule has 0 radical (unpaired) electrons. The third-order valence-electron chi connectivity index (χ3n) is 3.68. The molecule has 1 aliphatic heterocycles. The van der Waals surface area contributed by atoms with Gasteiger partial charge in [0.25, 0.3) is 0 Å². The molecule has 1 fully saturated rings. The molecule has 0 aliphatic carbocycles. The molecule has 1 aliphatic rings. The van der Waals surface area contributed by atoms with Crippen molar-refractivity contribution in [3.05, 3.63) is 23.8 Å². The second-order valence-corrected chi connectivity index (χ2v) is 5.13. The zero-order valence-corrected chi connectivity index (χ0v) is 12.6. The Hall–Kier alpha value is -1.26. The van der Waals surface area contributed by atoms with E-state index < -0.39 is 0 Å². The quantitative estimate of drug-likeness (QED) is 0.833. The summed E-state index contributed by atoms with van der Waals surface area (Å²) in [6.07, 6.45) is 3.57. The molecule has 1 N–H and O–H groups in total. The fourth-order valence-electron chi connectivity index (χ4n) is 2.64. The Balaban J connectivity index is 2.25. The number of benzene rings is 1. The van der Waals surface area contributed by atoms with E-state index in [1.807, 2.05) is 6.07 Å². The normalized spacial score (nSPS) is 19.9. The molecule has 112 valence electrons. The van der Waals surface area contributed by atoms with Gasteiger partial charge in [0.1, 0.15) is 11.5 Å². The summed E-state index contributed by atoms with van der Waals surface area (Å²) >= 11 is 0. The molecule has 2 atom stereocenters. The zero-order valence-electron chi connectivity index (χ0n) is 12.6. The molecule has 1 aromatic rings. The van der Waals surface area contributed by atoms with Crippen LogP contribution < -0.4 is 14.8 Å². The summed E-state index contributed by atoms with van der Waals surface area (Å²) < 4.78 is 16.6. The molecule has 2 unspecified atom stereocenters. The highest BCUT2D eigenvalue weighted by Gasteiger charge is 2.27. The van der Waals surface area contributed by atoms with Crippen molar-refractivity contribution < 1.29 is 14.2 Å². The Kier molecular flexibility index (Phi) is 5.68. The molecule has 4 nitrogen and oxygen atoms in total. The summed E-state index contributed by atoms with van der Waals surface area (Å²) in [4.78, 5) is 0. The molecule has 0 amide bonds. The van der Waals surface area contributed by atoms with Crippen LogP contribution in [0.3, 0.4) is 0 Å². The molecule has 4 heteroatoms. The first kappa shape index (κ1) is 15.1. The number of hydrogen-bond donors (Lipinski definition) is 1. The Labute approximate surface area is 121 Å². The third kappa shape index (κ3) is 3.64. The molecule has 1 saturated heterocycles. The van der Waals surface area contributed by atoms with Gasteiger partial charge in [0.2, 0.25) is 0 Å². The van der Waals surface area contributed by atoms with Gasteiger partial charge in [0, 0.05) is 12.7 Å². The maximum Gasteiger partial charge on any atom is 0.122 e. The van der Waals surface area contributed by atoms with Crippen molar-refractivity contribution in [3.63, 3.8) is 0 Å². The summed E-state index contributed by atoms with van der Waals surface area (Å²) in [5.74, 6) is 1.64. The summed E-state index contributed by atoms with van der Waals surface area (Å²) in [5, 5.41) is 3.59. The van der Waals surface area contributed by atoms with Gasteiger partial charge >= 0.3 is 0 Å². The first-order chi connectivity index (χ1) is 9.78. The average molecular weight is 279 g/mol. The van der Waals surface area contributed by atoms with Crippen molar-refractivity contribution >= 4 is 0 Å². The summed E-state index contributed by atoms with van der Waals surface area (Å²) in [6, 6.07) is 6.23. The summed E-state index contributed by atoms with van der Waals surface area (Å²) in [6.45, 7) is 4.01. The fraction of sp³-hybridized carbons (Fsp3) is 0.625.